The maximum Gasteiger partial charge on any atom is 0.412 e. The summed E-state index contributed by atoms with van der Waals surface area (Å²) in [5.74, 6) is -0.320. The van der Waals surface area contributed by atoms with E-state index in [9.17, 15) is 14.7 Å². The number of hydrogen-bond acceptors (Lipinski definition) is 7. The second kappa shape index (κ2) is 12.1. The van der Waals surface area contributed by atoms with Crippen LogP contribution in [-0.2, 0) is 9.53 Å². The zero-order chi connectivity index (χ0) is 26.9. The van der Waals surface area contributed by atoms with Gasteiger partial charge in [0.05, 0.1) is 11.6 Å². The number of carbonyl (C=O) groups excluding carboxylic acids is 2. The van der Waals surface area contributed by atoms with E-state index in [1.165, 1.54) is 17.6 Å². The van der Waals surface area contributed by atoms with Gasteiger partial charge in [-0.25, -0.2) is 10.3 Å². The molecule has 4 N–H and O–H groups in total. The molecule has 9 nitrogen and oxygen atoms in total. The molecule has 2 atom stereocenters. The van der Waals surface area contributed by atoms with Gasteiger partial charge in [0.1, 0.15) is 11.5 Å². The van der Waals surface area contributed by atoms with Crippen molar-refractivity contribution < 1.29 is 29.4 Å². The summed E-state index contributed by atoms with van der Waals surface area (Å²) in [6.07, 6.45) is -0.542. The van der Waals surface area contributed by atoms with Crippen LogP contribution in [0, 0.1) is 11.3 Å². The Kier molecular flexibility index (Phi) is 8.18. The molecule has 0 aliphatic rings. The molecule has 2 amide bonds. The van der Waals surface area contributed by atoms with Gasteiger partial charge in [0.15, 0.2) is 12.2 Å². The second-order valence-corrected chi connectivity index (χ2v) is 8.09. The monoisotopic (exact) mass is 509 g/mol. The third-order valence-electron chi connectivity index (χ3n) is 5.60. The summed E-state index contributed by atoms with van der Waals surface area (Å²) in [5.41, 5.74) is 2.86. The molecule has 0 saturated heterocycles. The Bertz CT molecular complexity index is 1500. The average molecular weight is 510 g/mol. The second-order valence-electron chi connectivity index (χ2n) is 8.09. The molecular weight excluding hydrogens is 486 g/mol. The number of hydrogen-bond donors (Lipinski definition) is 4. The van der Waals surface area contributed by atoms with Crippen molar-refractivity contribution in [1.29, 1.82) is 5.26 Å². The van der Waals surface area contributed by atoms with Crippen molar-refractivity contribution in [2.45, 2.75) is 12.2 Å². The van der Waals surface area contributed by atoms with Gasteiger partial charge >= 0.3 is 6.09 Å². The van der Waals surface area contributed by atoms with Crippen molar-refractivity contribution in [1.82, 2.24) is 5.48 Å². The van der Waals surface area contributed by atoms with Crippen molar-refractivity contribution >= 4 is 28.5 Å². The molecule has 9 heteroatoms. The number of benzene rings is 4. The lowest BCUT2D eigenvalue weighted by Gasteiger charge is -2.27. The molecule has 0 fully saturated rings. The fourth-order valence-corrected chi connectivity index (χ4v) is 3.83. The Morgan fingerprint density at radius 1 is 0.895 bits per heavy atom. The summed E-state index contributed by atoms with van der Waals surface area (Å²) >= 11 is 0. The number of anilines is 1. The average Bonchev–Trinajstić information content (AvgIpc) is 2.95. The van der Waals surface area contributed by atoms with E-state index in [4.69, 9.17) is 19.9 Å². The molecule has 4 rings (SSSR count). The number of hydroxylamine groups is 1. The highest BCUT2D eigenvalue weighted by atomic mass is 16.6. The SMILES string of the molecule is N#Cc1ccc(NC(=O)O[C@@H](c2ccc(O)c3ccccc23)[C@H](/C=C/C(=O)NO)Oc2ccccc2)cc1. The van der Waals surface area contributed by atoms with Crippen LogP contribution in [0.3, 0.4) is 0 Å². The minimum absolute atomic E-state index is 0.0425. The first-order valence-corrected chi connectivity index (χ1v) is 11.5. The summed E-state index contributed by atoms with van der Waals surface area (Å²) in [5, 5.41) is 32.2. The minimum Gasteiger partial charge on any atom is -0.507 e. The van der Waals surface area contributed by atoms with Crippen LogP contribution >= 0.6 is 0 Å². The first-order chi connectivity index (χ1) is 18.5. The standard InChI is InChI=1S/C29H23N3O6/c30-18-19-10-12-20(13-11-19)31-29(35)38-28(24-14-15-25(33)23-9-5-4-8-22(23)24)26(16-17-27(34)32-36)37-21-6-2-1-3-7-21/h1-17,26,28,33,36H,(H,31,35)(H,32,34)/b17-16+/t26-,28-/m0/s1. The van der Waals surface area contributed by atoms with Crippen LogP contribution in [0.4, 0.5) is 10.5 Å². The first-order valence-electron chi connectivity index (χ1n) is 11.5. The predicted molar refractivity (Wildman–Crippen MR) is 140 cm³/mol. The fraction of sp³-hybridized carbons (Fsp3) is 0.0690. The summed E-state index contributed by atoms with van der Waals surface area (Å²) in [7, 11) is 0. The number of ether oxygens (including phenoxy) is 2. The van der Waals surface area contributed by atoms with Gasteiger partial charge in [0.25, 0.3) is 5.91 Å². The van der Waals surface area contributed by atoms with Crippen LogP contribution in [0.5, 0.6) is 11.5 Å². The number of nitrogens with one attached hydrogen (secondary N) is 2. The number of carbonyl (C=O) groups is 2. The van der Waals surface area contributed by atoms with Crippen LogP contribution < -0.4 is 15.5 Å². The zero-order valence-corrected chi connectivity index (χ0v) is 19.9. The summed E-state index contributed by atoms with van der Waals surface area (Å²) < 4.78 is 12.0. The number of nitriles is 1. The van der Waals surface area contributed by atoms with Crippen molar-refractivity contribution in [3.63, 3.8) is 0 Å². The molecular formula is C29H23N3O6. The number of nitrogens with zero attached hydrogens (tertiary/aromatic N) is 1. The first kappa shape index (κ1) is 25.8. The molecule has 0 bridgehead atoms. The lowest BCUT2D eigenvalue weighted by Crippen LogP contribution is -2.30. The van der Waals surface area contributed by atoms with E-state index in [1.54, 1.807) is 78.9 Å². The normalized spacial score (nSPS) is 12.3. The van der Waals surface area contributed by atoms with Crippen molar-refractivity contribution in [3.05, 3.63) is 114 Å². The van der Waals surface area contributed by atoms with Crippen LogP contribution in [0.15, 0.2) is 103 Å². The van der Waals surface area contributed by atoms with Crippen LogP contribution in [0.2, 0.25) is 0 Å². The van der Waals surface area contributed by atoms with Gasteiger partial charge in [0, 0.05) is 22.7 Å². The predicted octanol–water partition coefficient (Wildman–Crippen LogP) is 5.22. The molecule has 0 radical (unpaired) electrons. The van der Waals surface area contributed by atoms with Gasteiger partial charge in [-0.15, -0.1) is 0 Å². The van der Waals surface area contributed by atoms with E-state index in [0.29, 0.717) is 33.3 Å². The highest BCUT2D eigenvalue weighted by Crippen LogP contribution is 2.35. The summed E-state index contributed by atoms with van der Waals surface area (Å²) in [4.78, 5) is 24.9. The molecule has 190 valence electrons. The Hall–Kier alpha value is -5.33. The molecule has 0 aliphatic heterocycles. The fourth-order valence-electron chi connectivity index (χ4n) is 3.83. The van der Waals surface area contributed by atoms with Crippen molar-refractivity contribution in [2.75, 3.05) is 5.32 Å². The quantitative estimate of drug-likeness (QED) is 0.145. The topological polar surface area (TPSA) is 141 Å². The van der Waals surface area contributed by atoms with Gasteiger partial charge < -0.3 is 14.6 Å². The highest BCUT2D eigenvalue weighted by Gasteiger charge is 2.30. The lowest BCUT2D eigenvalue weighted by atomic mass is 9.96. The van der Waals surface area contributed by atoms with E-state index in [0.717, 1.165) is 6.08 Å². The summed E-state index contributed by atoms with van der Waals surface area (Å²) in [6.45, 7) is 0. The molecule has 0 aromatic heterocycles. The van der Waals surface area contributed by atoms with E-state index >= 15 is 0 Å². The number of aromatic hydroxyl groups is 1. The number of phenols is 1. The molecule has 0 saturated carbocycles. The summed E-state index contributed by atoms with van der Waals surface area (Å²) in [6, 6.07) is 27.1. The Labute approximate surface area is 218 Å². The third kappa shape index (κ3) is 6.26. The van der Waals surface area contributed by atoms with E-state index in [-0.39, 0.29) is 5.75 Å². The molecule has 4 aromatic carbocycles. The highest BCUT2D eigenvalue weighted by molar-refractivity contribution is 5.92. The van der Waals surface area contributed by atoms with E-state index < -0.39 is 24.2 Å². The largest absolute Gasteiger partial charge is 0.507 e. The Morgan fingerprint density at radius 2 is 1.58 bits per heavy atom. The maximum absolute atomic E-state index is 13.1. The van der Waals surface area contributed by atoms with E-state index in [2.05, 4.69) is 5.32 Å². The van der Waals surface area contributed by atoms with Crippen molar-refractivity contribution in [2.24, 2.45) is 0 Å². The molecule has 38 heavy (non-hydrogen) atoms. The van der Waals surface area contributed by atoms with Crippen LogP contribution in [0.25, 0.3) is 10.8 Å². The third-order valence-corrected chi connectivity index (χ3v) is 5.60. The number of para-hydroxylation sites is 1. The van der Waals surface area contributed by atoms with E-state index in [1.807, 2.05) is 12.1 Å². The number of fused-ring (bicyclic) bond motifs is 1. The molecule has 0 spiro atoms. The van der Waals surface area contributed by atoms with Gasteiger partial charge in [-0.1, -0.05) is 48.5 Å². The van der Waals surface area contributed by atoms with Crippen molar-refractivity contribution in [3.8, 4) is 17.6 Å². The van der Waals surface area contributed by atoms with Crippen LogP contribution in [0.1, 0.15) is 17.2 Å². The zero-order valence-electron chi connectivity index (χ0n) is 19.9. The smallest absolute Gasteiger partial charge is 0.412 e. The van der Waals surface area contributed by atoms with Gasteiger partial charge in [-0.2, -0.15) is 5.26 Å². The Morgan fingerprint density at radius 3 is 2.26 bits per heavy atom. The Balaban J connectivity index is 1.76. The number of rotatable bonds is 8. The molecule has 4 aromatic rings. The number of phenolic OH excluding ortho intramolecular Hbond substituents is 1. The number of amides is 2. The lowest BCUT2D eigenvalue weighted by molar-refractivity contribution is -0.124. The molecule has 0 unspecified atom stereocenters. The molecule has 0 heterocycles. The van der Waals surface area contributed by atoms with Crippen LogP contribution in [-0.4, -0.2) is 28.4 Å². The van der Waals surface area contributed by atoms with Gasteiger partial charge in [0.2, 0.25) is 0 Å². The van der Waals surface area contributed by atoms with Gasteiger partial charge in [-0.05, 0) is 53.9 Å². The van der Waals surface area contributed by atoms with Gasteiger partial charge in [-0.3, -0.25) is 15.3 Å². The molecule has 0 aliphatic carbocycles. The maximum atomic E-state index is 13.1. The minimum atomic E-state index is -1.11.